The normalized spacial score (nSPS) is 19.4. The molecule has 1 atom stereocenters. The Balaban J connectivity index is 2.83. The lowest BCUT2D eigenvalue weighted by atomic mass is 9.95. The quantitative estimate of drug-likeness (QED) is 0.678. The van der Waals surface area contributed by atoms with E-state index in [1.807, 2.05) is 0 Å². The van der Waals surface area contributed by atoms with Crippen molar-refractivity contribution in [2.45, 2.75) is 25.9 Å². The van der Waals surface area contributed by atoms with Gasteiger partial charge in [0.1, 0.15) is 0 Å². The predicted octanol–water partition coefficient (Wildman–Crippen LogP) is 1.73. The number of nitrogens with zero attached hydrogens (tertiary/aromatic N) is 1. The summed E-state index contributed by atoms with van der Waals surface area (Å²) < 4.78 is 10.1. The van der Waals surface area contributed by atoms with Crippen LogP contribution in [-0.2, 0) is 14.3 Å². The molecule has 1 aliphatic carbocycles. The number of rotatable bonds is 4. The zero-order valence-corrected chi connectivity index (χ0v) is 9.53. The minimum Gasteiger partial charge on any atom is -0.462 e. The molecule has 1 unspecified atom stereocenters. The number of carbonyl (C=O) groups excluding carboxylic acids is 1. The molecule has 0 bridgehead atoms. The minimum absolute atomic E-state index is 0.146. The molecular weight excluding hydrogens is 206 g/mol. The molecule has 0 amide bonds. The van der Waals surface area contributed by atoms with Crippen LogP contribution in [0, 0.1) is 11.3 Å². The van der Waals surface area contributed by atoms with E-state index in [0.717, 1.165) is 5.57 Å². The van der Waals surface area contributed by atoms with Crippen LogP contribution in [0.3, 0.4) is 0 Å². The molecule has 4 heteroatoms. The van der Waals surface area contributed by atoms with Gasteiger partial charge in [-0.15, -0.1) is 0 Å². The fourth-order valence-electron chi connectivity index (χ4n) is 1.56. The molecule has 0 aromatic rings. The van der Waals surface area contributed by atoms with Gasteiger partial charge in [-0.25, -0.2) is 4.79 Å². The molecule has 0 N–H and O–H groups in total. The largest absolute Gasteiger partial charge is 0.462 e. The maximum Gasteiger partial charge on any atom is 0.337 e. The molecule has 0 spiro atoms. The Labute approximate surface area is 95.1 Å². The van der Waals surface area contributed by atoms with Crippen molar-refractivity contribution in [3.05, 3.63) is 23.3 Å². The lowest BCUT2D eigenvalue weighted by Crippen LogP contribution is -2.17. The molecule has 86 valence electrons. The smallest absolute Gasteiger partial charge is 0.337 e. The van der Waals surface area contributed by atoms with E-state index in [-0.39, 0.29) is 12.1 Å². The highest BCUT2D eigenvalue weighted by atomic mass is 16.5. The fraction of sp³-hybridized carbons (Fsp3) is 0.500. The second-order valence-electron chi connectivity index (χ2n) is 3.46. The molecule has 0 aliphatic heterocycles. The molecule has 1 aliphatic rings. The predicted molar refractivity (Wildman–Crippen MR) is 58.4 cm³/mol. The van der Waals surface area contributed by atoms with Gasteiger partial charge >= 0.3 is 5.97 Å². The first-order valence-corrected chi connectivity index (χ1v) is 5.19. The number of esters is 1. The van der Waals surface area contributed by atoms with Crippen LogP contribution in [-0.4, -0.2) is 25.8 Å². The summed E-state index contributed by atoms with van der Waals surface area (Å²) in [5.74, 6) is -0.361. The standard InChI is InChI=1S/C12H15NO3/c1-3-16-12(14)10-6-9(4-5-13)7-11(8-10)15-2/h6,8,11H,3-4,7H2,1-2H3. The summed E-state index contributed by atoms with van der Waals surface area (Å²) in [6, 6.07) is 2.07. The lowest BCUT2D eigenvalue weighted by Gasteiger charge is -2.18. The van der Waals surface area contributed by atoms with Gasteiger partial charge < -0.3 is 9.47 Å². The van der Waals surface area contributed by atoms with Gasteiger partial charge in [-0.05, 0) is 25.5 Å². The van der Waals surface area contributed by atoms with E-state index in [9.17, 15) is 4.79 Å². The molecular formula is C12H15NO3. The molecule has 16 heavy (non-hydrogen) atoms. The SMILES string of the molecule is CCOC(=O)C1=CC(OC)CC(CC#N)=C1. The highest BCUT2D eigenvalue weighted by Crippen LogP contribution is 2.22. The maximum atomic E-state index is 11.5. The summed E-state index contributed by atoms with van der Waals surface area (Å²) in [5.41, 5.74) is 1.38. The van der Waals surface area contributed by atoms with Crippen LogP contribution in [0.4, 0.5) is 0 Å². The number of methoxy groups -OCH3 is 1. The second-order valence-corrected chi connectivity index (χ2v) is 3.46. The number of hydrogen-bond donors (Lipinski definition) is 0. The lowest BCUT2D eigenvalue weighted by molar-refractivity contribution is -0.138. The highest BCUT2D eigenvalue weighted by Gasteiger charge is 2.19. The molecule has 0 saturated carbocycles. The average Bonchev–Trinajstić information content (AvgIpc) is 2.29. The van der Waals surface area contributed by atoms with Crippen molar-refractivity contribution in [1.29, 1.82) is 5.26 Å². The highest BCUT2D eigenvalue weighted by molar-refractivity contribution is 5.92. The summed E-state index contributed by atoms with van der Waals surface area (Å²) >= 11 is 0. The van der Waals surface area contributed by atoms with Gasteiger partial charge in [0.15, 0.2) is 0 Å². The monoisotopic (exact) mass is 221 g/mol. The van der Waals surface area contributed by atoms with Crippen LogP contribution in [0.5, 0.6) is 0 Å². The number of ether oxygens (including phenoxy) is 2. The van der Waals surface area contributed by atoms with E-state index < -0.39 is 0 Å². The molecule has 0 heterocycles. The Bertz CT molecular complexity index is 363. The van der Waals surface area contributed by atoms with Crippen molar-refractivity contribution in [2.75, 3.05) is 13.7 Å². The van der Waals surface area contributed by atoms with Gasteiger partial charge in [-0.1, -0.05) is 5.57 Å². The van der Waals surface area contributed by atoms with E-state index >= 15 is 0 Å². The number of nitriles is 1. The summed E-state index contributed by atoms with van der Waals surface area (Å²) in [4.78, 5) is 11.5. The summed E-state index contributed by atoms with van der Waals surface area (Å²) in [7, 11) is 1.58. The van der Waals surface area contributed by atoms with Crippen molar-refractivity contribution in [3.63, 3.8) is 0 Å². The zero-order valence-electron chi connectivity index (χ0n) is 9.53. The number of carbonyl (C=O) groups is 1. The minimum atomic E-state index is -0.361. The van der Waals surface area contributed by atoms with E-state index in [2.05, 4.69) is 6.07 Å². The van der Waals surface area contributed by atoms with Gasteiger partial charge in [0.2, 0.25) is 0 Å². The van der Waals surface area contributed by atoms with Crippen LogP contribution in [0.2, 0.25) is 0 Å². The van der Waals surface area contributed by atoms with Crippen molar-refractivity contribution in [2.24, 2.45) is 0 Å². The van der Waals surface area contributed by atoms with Gasteiger partial charge in [0.25, 0.3) is 0 Å². The number of hydrogen-bond acceptors (Lipinski definition) is 4. The van der Waals surface area contributed by atoms with Gasteiger partial charge in [-0.2, -0.15) is 5.26 Å². The van der Waals surface area contributed by atoms with E-state index in [1.54, 1.807) is 26.2 Å². The molecule has 1 rings (SSSR count). The van der Waals surface area contributed by atoms with Gasteiger partial charge in [0.05, 0.1) is 30.8 Å². The Kier molecular flexibility index (Phi) is 4.74. The van der Waals surface area contributed by atoms with Crippen LogP contribution in [0.1, 0.15) is 19.8 Å². The van der Waals surface area contributed by atoms with Gasteiger partial charge in [0, 0.05) is 7.11 Å². The van der Waals surface area contributed by atoms with Crippen LogP contribution < -0.4 is 0 Å². The van der Waals surface area contributed by atoms with Crippen LogP contribution in [0.15, 0.2) is 23.3 Å². The molecule has 4 nitrogen and oxygen atoms in total. The third-order valence-corrected chi connectivity index (χ3v) is 2.31. The Morgan fingerprint density at radius 1 is 1.69 bits per heavy atom. The van der Waals surface area contributed by atoms with Crippen molar-refractivity contribution in [1.82, 2.24) is 0 Å². The molecule has 0 aromatic carbocycles. The fourth-order valence-corrected chi connectivity index (χ4v) is 1.56. The van der Waals surface area contributed by atoms with E-state index in [1.165, 1.54) is 0 Å². The van der Waals surface area contributed by atoms with Crippen molar-refractivity contribution >= 4 is 5.97 Å². The van der Waals surface area contributed by atoms with Crippen molar-refractivity contribution < 1.29 is 14.3 Å². The Morgan fingerprint density at radius 3 is 3.00 bits per heavy atom. The second kappa shape index (κ2) is 6.09. The third kappa shape index (κ3) is 3.21. The Morgan fingerprint density at radius 2 is 2.44 bits per heavy atom. The zero-order chi connectivity index (χ0) is 12.0. The summed E-state index contributed by atoms with van der Waals surface area (Å²) in [6.45, 7) is 2.10. The molecule has 0 fully saturated rings. The third-order valence-electron chi connectivity index (χ3n) is 2.31. The van der Waals surface area contributed by atoms with E-state index in [0.29, 0.717) is 25.0 Å². The first-order valence-electron chi connectivity index (χ1n) is 5.19. The topological polar surface area (TPSA) is 59.3 Å². The molecule has 0 aromatic heterocycles. The first-order chi connectivity index (χ1) is 7.71. The van der Waals surface area contributed by atoms with Gasteiger partial charge in [-0.3, -0.25) is 0 Å². The average molecular weight is 221 g/mol. The van der Waals surface area contributed by atoms with Crippen LogP contribution >= 0.6 is 0 Å². The molecule has 0 saturated heterocycles. The van der Waals surface area contributed by atoms with Crippen molar-refractivity contribution in [3.8, 4) is 6.07 Å². The molecule has 0 radical (unpaired) electrons. The Hall–Kier alpha value is -1.60. The first kappa shape index (κ1) is 12.5. The van der Waals surface area contributed by atoms with E-state index in [4.69, 9.17) is 14.7 Å². The summed E-state index contributed by atoms with van der Waals surface area (Å²) in [6.07, 6.45) is 4.28. The summed E-state index contributed by atoms with van der Waals surface area (Å²) in [5, 5.41) is 8.64. The maximum absolute atomic E-state index is 11.5. The van der Waals surface area contributed by atoms with Crippen LogP contribution in [0.25, 0.3) is 0 Å².